The number of carbonyl (C=O) groups is 1. The molecule has 1 aromatic heterocycles. The van der Waals surface area contributed by atoms with Gasteiger partial charge in [0.25, 0.3) is 5.91 Å². The fourth-order valence-electron chi connectivity index (χ4n) is 3.80. The lowest BCUT2D eigenvalue weighted by molar-refractivity contribution is 0.0718. The van der Waals surface area contributed by atoms with Crippen LogP contribution in [0.1, 0.15) is 35.6 Å². The smallest absolute Gasteiger partial charge is 0.272 e. The Morgan fingerprint density at radius 3 is 2.57 bits per heavy atom. The van der Waals surface area contributed by atoms with E-state index in [-0.39, 0.29) is 5.91 Å². The van der Waals surface area contributed by atoms with Crippen molar-refractivity contribution in [1.29, 1.82) is 0 Å². The Bertz CT molecular complexity index is 829. The average molecular weight is 381 g/mol. The lowest BCUT2D eigenvalue weighted by Crippen LogP contribution is -2.36. The number of hydrogen-bond acceptors (Lipinski definition) is 6. The molecule has 2 aromatic rings. The molecule has 1 aromatic carbocycles. The lowest BCUT2D eigenvalue weighted by Gasteiger charge is -2.30. The number of benzene rings is 1. The van der Waals surface area contributed by atoms with Crippen molar-refractivity contribution in [1.82, 2.24) is 14.9 Å². The van der Waals surface area contributed by atoms with E-state index in [1.807, 2.05) is 30.0 Å². The number of nitrogens with one attached hydrogen (secondary N) is 1. The van der Waals surface area contributed by atoms with Crippen LogP contribution >= 0.6 is 0 Å². The van der Waals surface area contributed by atoms with Crippen molar-refractivity contribution in [3.63, 3.8) is 0 Å². The van der Waals surface area contributed by atoms with Gasteiger partial charge in [-0.1, -0.05) is 12.1 Å². The van der Waals surface area contributed by atoms with Gasteiger partial charge in [-0.3, -0.25) is 4.79 Å². The van der Waals surface area contributed by atoms with Crippen LogP contribution in [0.3, 0.4) is 0 Å². The van der Waals surface area contributed by atoms with Gasteiger partial charge in [0, 0.05) is 32.2 Å². The van der Waals surface area contributed by atoms with Gasteiger partial charge in [-0.2, -0.15) is 0 Å². The molecule has 7 heteroatoms. The van der Waals surface area contributed by atoms with Crippen LogP contribution in [0.4, 0.5) is 17.2 Å². The first-order valence-corrected chi connectivity index (χ1v) is 10.0. The number of rotatable bonds is 4. The van der Waals surface area contributed by atoms with Gasteiger partial charge in [-0.25, -0.2) is 9.97 Å². The van der Waals surface area contributed by atoms with Gasteiger partial charge < -0.3 is 19.9 Å². The minimum Gasteiger partial charge on any atom is -0.378 e. The maximum absolute atomic E-state index is 12.9. The first-order valence-electron chi connectivity index (χ1n) is 10.0. The zero-order valence-electron chi connectivity index (χ0n) is 16.4. The van der Waals surface area contributed by atoms with Crippen LogP contribution in [0.15, 0.2) is 30.3 Å². The standard InChI is InChI=1S/C21H27N5O2/c1-16-22-18(21(27)26-9-5-2-6-10-26)15-20(23-16)24-17-7-3-4-8-19(17)25-11-13-28-14-12-25/h3-4,7-8,15H,2,5-6,9-14H2,1H3,(H,22,23,24). The highest BCUT2D eigenvalue weighted by molar-refractivity contribution is 5.93. The maximum atomic E-state index is 12.9. The van der Waals surface area contributed by atoms with E-state index in [0.717, 1.165) is 63.6 Å². The number of aromatic nitrogens is 2. The molecule has 0 radical (unpaired) electrons. The summed E-state index contributed by atoms with van der Waals surface area (Å²) in [5.74, 6) is 1.23. The molecule has 2 fully saturated rings. The second-order valence-electron chi connectivity index (χ2n) is 7.28. The number of likely N-dealkylation sites (tertiary alicyclic amines) is 1. The van der Waals surface area contributed by atoms with E-state index in [1.54, 1.807) is 6.07 Å². The van der Waals surface area contributed by atoms with Gasteiger partial charge >= 0.3 is 0 Å². The normalized spacial score (nSPS) is 17.5. The van der Waals surface area contributed by atoms with Gasteiger partial charge in [0.1, 0.15) is 17.3 Å². The van der Waals surface area contributed by atoms with Crippen LogP contribution in [0, 0.1) is 6.92 Å². The Kier molecular flexibility index (Phi) is 5.71. The number of nitrogens with zero attached hydrogens (tertiary/aromatic N) is 4. The number of ether oxygens (including phenoxy) is 1. The first kappa shape index (κ1) is 18.7. The molecule has 0 saturated carbocycles. The second-order valence-corrected chi connectivity index (χ2v) is 7.28. The number of aryl methyl sites for hydroxylation is 1. The van der Waals surface area contributed by atoms with Gasteiger partial charge in [0.15, 0.2) is 0 Å². The number of piperidine rings is 1. The summed E-state index contributed by atoms with van der Waals surface area (Å²) >= 11 is 0. The number of carbonyl (C=O) groups excluding carboxylic acids is 1. The van der Waals surface area contributed by atoms with Crippen molar-refractivity contribution < 1.29 is 9.53 Å². The topological polar surface area (TPSA) is 70.6 Å². The summed E-state index contributed by atoms with van der Waals surface area (Å²) in [6, 6.07) is 9.93. The van der Waals surface area contributed by atoms with E-state index in [0.29, 0.717) is 17.3 Å². The molecule has 1 N–H and O–H groups in total. The van der Waals surface area contributed by atoms with Crippen LogP contribution in [0.25, 0.3) is 0 Å². The number of morpholine rings is 1. The fraction of sp³-hybridized carbons (Fsp3) is 0.476. The number of para-hydroxylation sites is 2. The van der Waals surface area contributed by atoms with Crippen LogP contribution < -0.4 is 10.2 Å². The third-order valence-corrected chi connectivity index (χ3v) is 5.22. The van der Waals surface area contributed by atoms with Crippen molar-refractivity contribution in [3.05, 3.63) is 41.9 Å². The van der Waals surface area contributed by atoms with Crippen LogP contribution in [0.2, 0.25) is 0 Å². The molecule has 7 nitrogen and oxygen atoms in total. The Morgan fingerprint density at radius 2 is 1.79 bits per heavy atom. The van der Waals surface area contributed by atoms with Crippen molar-refractivity contribution in [2.24, 2.45) is 0 Å². The Balaban J connectivity index is 1.57. The molecular weight excluding hydrogens is 354 g/mol. The van der Waals surface area contributed by atoms with E-state index >= 15 is 0 Å². The molecule has 0 unspecified atom stereocenters. The summed E-state index contributed by atoms with van der Waals surface area (Å²) < 4.78 is 5.47. The zero-order chi connectivity index (χ0) is 19.3. The van der Waals surface area contributed by atoms with Gasteiger partial charge in [0.2, 0.25) is 0 Å². The summed E-state index contributed by atoms with van der Waals surface area (Å²) in [6.07, 6.45) is 3.32. The molecule has 3 heterocycles. The number of amides is 1. The summed E-state index contributed by atoms with van der Waals surface area (Å²) in [6.45, 7) is 6.63. The van der Waals surface area contributed by atoms with Gasteiger partial charge in [0.05, 0.1) is 24.6 Å². The van der Waals surface area contributed by atoms with Gasteiger partial charge in [-0.05, 0) is 38.3 Å². The molecule has 2 saturated heterocycles. The monoisotopic (exact) mass is 381 g/mol. The minimum atomic E-state index is -0.00489. The molecule has 0 atom stereocenters. The highest BCUT2D eigenvalue weighted by Gasteiger charge is 2.21. The summed E-state index contributed by atoms with van der Waals surface area (Å²) in [5, 5.41) is 3.40. The van der Waals surface area contributed by atoms with Crippen LogP contribution in [0.5, 0.6) is 0 Å². The molecular formula is C21H27N5O2. The Labute approximate surface area is 165 Å². The quantitative estimate of drug-likeness (QED) is 0.878. The minimum absolute atomic E-state index is 0.00489. The predicted molar refractivity (Wildman–Crippen MR) is 109 cm³/mol. The van der Waals surface area contributed by atoms with Crippen molar-refractivity contribution >= 4 is 23.1 Å². The fourth-order valence-corrected chi connectivity index (χ4v) is 3.80. The van der Waals surface area contributed by atoms with E-state index in [4.69, 9.17) is 4.74 Å². The number of hydrogen-bond donors (Lipinski definition) is 1. The van der Waals surface area contributed by atoms with Crippen molar-refractivity contribution in [3.8, 4) is 0 Å². The molecule has 2 aliphatic heterocycles. The molecule has 1 amide bonds. The molecule has 148 valence electrons. The largest absolute Gasteiger partial charge is 0.378 e. The molecule has 4 rings (SSSR count). The lowest BCUT2D eigenvalue weighted by atomic mass is 10.1. The maximum Gasteiger partial charge on any atom is 0.272 e. The second kappa shape index (κ2) is 8.56. The third kappa shape index (κ3) is 4.25. The molecule has 28 heavy (non-hydrogen) atoms. The van der Waals surface area contributed by atoms with Crippen molar-refractivity contribution in [2.45, 2.75) is 26.2 Å². The van der Waals surface area contributed by atoms with Crippen LogP contribution in [-0.2, 0) is 4.74 Å². The van der Waals surface area contributed by atoms with E-state index in [1.165, 1.54) is 6.42 Å². The summed E-state index contributed by atoms with van der Waals surface area (Å²) in [7, 11) is 0. The highest BCUT2D eigenvalue weighted by Crippen LogP contribution is 2.29. The zero-order valence-corrected chi connectivity index (χ0v) is 16.4. The summed E-state index contributed by atoms with van der Waals surface area (Å²) in [4.78, 5) is 26.0. The highest BCUT2D eigenvalue weighted by atomic mass is 16.5. The van der Waals surface area contributed by atoms with Crippen LogP contribution in [-0.4, -0.2) is 60.2 Å². The van der Waals surface area contributed by atoms with E-state index in [9.17, 15) is 4.79 Å². The summed E-state index contributed by atoms with van der Waals surface area (Å²) in [5.41, 5.74) is 2.55. The van der Waals surface area contributed by atoms with Crippen molar-refractivity contribution in [2.75, 3.05) is 49.6 Å². The molecule has 0 spiro atoms. The number of anilines is 3. The van der Waals surface area contributed by atoms with E-state index in [2.05, 4.69) is 26.3 Å². The van der Waals surface area contributed by atoms with E-state index < -0.39 is 0 Å². The Hall–Kier alpha value is -2.67. The molecule has 0 bridgehead atoms. The molecule has 0 aliphatic carbocycles. The molecule has 2 aliphatic rings. The SMILES string of the molecule is Cc1nc(Nc2ccccc2N2CCOCC2)cc(C(=O)N2CCCCC2)n1. The predicted octanol–water partition coefficient (Wildman–Crippen LogP) is 2.99. The van der Waals surface area contributed by atoms with Gasteiger partial charge in [-0.15, -0.1) is 0 Å². The third-order valence-electron chi connectivity index (χ3n) is 5.22. The Morgan fingerprint density at radius 1 is 1.04 bits per heavy atom. The first-order chi connectivity index (χ1) is 13.7. The average Bonchev–Trinajstić information content (AvgIpc) is 2.74.